The van der Waals surface area contributed by atoms with Crippen LogP contribution in [0.2, 0.25) is 0 Å². The smallest absolute Gasteiger partial charge is 0.274 e. The van der Waals surface area contributed by atoms with Crippen LogP contribution in [0.15, 0.2) is 42.5 Å². The number of benzene rings is 1. The molecule has 0 unspecified atom stereocenters. The van der Waals surface area contributed by atoms with Gasteiger partial charge in [0.05, 0.1) is 0 Å². The van der Waals surface area contributed by atoms with Crippen LogP contribution < -0.4 is 5.32 Å². The zero-order valence-electron chi connectivity index (χ0n) is 13.7. The van der Waals surface area contributed by atoms with Crippen molar-refractivity contribution in [3.05, 3.63) is 59.4 Å². The minimum Gasteiger partial charge on any atom is -0.338 e. The average Bonchev–Trinajstić information content (AvgIpc) is 2.58. The Bertz CT molecular complexity index is 692. The number of amides is 2. The number of hydrogen-bond donors (Lipinski definition) is 1. The maximum atomic E-state index is 12.3. The summed E-state index contributed by atoms with van der Waals surface area (Å²) in [4.78, 5) is 30.5. The fourth-order valence-electron chi connectivity index (χ4n) is 2.19. The molecule has 2 aromatic rings. The summed E-state index contributed by atoms with van der Waals surface area (Å²) in [5, 5.41) is 2.78. The van der Waals surface area contributed by atoms with Crippen molar-refractivity contribution < 1.29 is 9.59 Å². The van der Waals surface area contributed by atoms with Crippen LogP contribution in [-0.2, 0) is 0 Å². The molecule has 0 aliphatic carbocycles. The number of anilines is 1. The predicted octanol–water partition coefficient (Wildman–Crippen LogP) is 3.12. The number of hydrogen-bond acceptors (Lipinski definition) is 3. The van der Waals surface area contributed by atoms with Crippen LogP contribution in [0.25, 0.3) is 0 Å². The lowest BCUT2D eigenvalue weighted by Crippen LogP contribution is -2.31. The molecule has 0 radical (unpaired) electrons. The van der Waals surface area contributed by atoms with E-state index in [0.29, 0.717) is 18.8 Å². The number of nitrogens with one attached hydrogen (secondary N) is 1. The number of carbonyl (C=O) groups is 2. The molecule has 1 aromatic carbocycles. The molecule has 5 heteroatoms. The first kappa shape index (κ1) is 16.7. The summed E-state index contributed by atoms with van der Waals surface area (Å²) < 4.78 is 0. The van der Waals surface area contributed by atoms with Crippen LogP contribution in [0.5, 0.6) is 0 Å². The highest BCUT2D eigenvalue weighted by Gasteiger charge is 2.16. The molecule has 0 aliphatic heterocycles. The Morgan fingerprint density at radius 2 is 1.61 bits per heavy atom. The van der Waals surface area contributed by atoms with Gasteiger partial charge in [0.1, 0.15) is 11.4 Å². The third-order valence-electron chi connectivity index (χ3n) is 3.56. The first-order valence-electron chi connectivity index (χ1n) is 7.69. The quantitative estimate of drug-likeness (QED) is 0.923. The largest absolute Gasteiger partial charge is 0.338 e. The Morgan fingerprint density at radius 3 is 2.22 bits per heavy atom. The molecule has 0 saturated carbocycles. The van der Waals surface area contributed by atoms with E-state index in [0.717, 1.165) is 5.56 Å². The van der Waals surface area contributed by atoms with E-state index in [1.807, 2.05) is 45.0 Å². The van der Waals surface area contributed by atoms with Gasteiger partial charge in [-0.1, -0.05) is 23.8 Å². The molecule has 120 valence electrons. The van der Waals surface area contributed by atoms with Gasteiger partial charge in [0.15, 0.2) is 0 Å². The Morgan fingerprint density at radius 1 is 1.00 bits per heavy atom. The monoisotopic (exact) mass is 311 g/mol. The Hall–Kier alpha value is -2.69. The minimum absolute atomic E-state index is 0.167. The molecule has 2 amide bonds. The van der Waals surface area contributed by atoms with Crippen molar-refractivity contribution in [2.75, 3.05) is 18.4 Å². The van der Waals surface area contributed by atoms with Gasteiger partial charge in [0, 0.05) is 18.8 Å². The van der Waals surface area contributed by atoms with Crippen molar-refractivity contribution in [3.8, 4) is 0 Å². The Kier molecular flexibility index (Phi) is 5.46. The zero-order chi connectivity index (χ0) is 16.8. The molecule has 23 heavy (non-hydrogen) atoms. The number of pyridine rings is 1. The zero-order valence-corrected chi connectivity index (χ0v) is 13.7. The summed E-state index contributed by atoms with van der Waals surface area (Å²) in [7, 11) is 0. The fraction of sp³-hybridized carbons (Fsp3) is 0.278. The van der Waals surface area contributed by atoms with Crippen molar-refractivity contribution >= 4 is 17.5 Å². The van der Waals surface area contributed by atoms with Gasteiger partial charge in [-0.2, -0.15) is 0 Å². The highest BCUT2D eigenvalue weighted by atomic mass is 16.2. The molecule has 1 heterocycles. The van der Waals surface area contributed by atoms with Crippen LogP contribution in [0, 0.1) is 6.92 Å². The third kappa shape index (κ3) is 4.16. The van der Waals surface area contributed by atoms with Crippen LogP contribution in [-0.4, -0.2) is 34.8 Å². The van der Waals surface area contributed by atoms with Gasteiger partial charge >= 0.3 is 0 Å². The van der Waals surface area contributed by atoms with Crippen LogP contribution in [0.1, 0.15) is 40.4 Å². The van der Waals surface area contributed by atoms with Gasteiger partial charge in [0.25, 0.3) is 11.8 Å². The second-order valence-corrected chi connectivity index (χ2v) is 5.21. The average molecular weight is 311 g/mol. The summed E-state index contributed by atoms with van der Waals surface area (Å²) in [5.41, 5.74) is 2.32. The topological polar surface area (TPSA) is 62.3 Å². The number of aryl methyl sites for hydroxylation is 1. The molecule has 2 rings (SSSR count). The molecule has 1 aromatic heterocycles. The Labute approximate surface area is 136 Å². The molecular weight excluding hydrogens is 290 g/mol. The molecule has 0 fully saturated rings. The van der Waals surface area contributed by atoms with E-state index < -0.39 is 0 Å². The number of aromatic nitrogens is 1. The van der Waals surface area contributed by atoms with Gasteiger partial charge in [-0.15, -0.1) is 0 Å². The number of carbonyl (C=O) groups excluding carboxylic acids is 2. The molecule has 0 aliphatic rings. The van der Waals surface area contributed by atoms with Crippen molar-refractivity contribution in [2.45, 2.75) is 20.8 Å². The minimum atomic E-state index is -0.331. The van der Waals surface area contributed by atoms with Crippen LogP contribution >= 0.6 is 0 Å². The molecule has 0 atom stereocenters. The molecule has 0 bridgehead atoms. The highest BCUT2D eigenvalue weighted by molar-refractivity contribution is 6.03. The van der Waals surface area contributed by atoms with E-state index in [2.05, 4.69) is 10.3 Å². The van der Waals surface area contributed by atoms with Gasteiger partial charge in [-0.25, -0.2) is 4.98 Å². The summed E-state index contributed by atoms with van der Waals surface area (Å²) in [6.07, 6.45) is 0. The number of nitrogens with zero attached hydrogens (tertiary/aromatic N) is 2. The van der Waals surface area contributed by atoms with Gasteiger partial charge in [-0.05, 0) is 45.0 Å². The lowest BCUT2D eigenvalue weighted by molar-refractivity contribution is 0.0767. The molecule has 5 nitrogen and oxygen atoms in total. The summed E-state index contributed by atoms with van der Waals surface area (Å²) in [6, 6.07) is 12.4. The SMILES string of the molecule is CCN(CC)C(=O)c1cccc(C(=O)Nc2ccc(C)cc2)n1. The second kappa shape index (κ2) is 7.54. The molecule has 1 N–H and O–H groups in total. The summed E-state index contributed by atoms with van der Waals surface area (Å²) in [6.45, 7) is 7.02. The van der Waals surface area contributed by atoms with Crippen molar-refractivity contribution in [2.24, 2.45) is 0 Å². The van der Waals surface area contributed by atoms with E-state index in [-0.39, 0.29) is 23.2 Å². The first-order chi connectivity index (χ1) is 11.0. The maximum absolute atomic E-state index is 12.3. The van der Waals surface area contributed by atoms with Crippen LogP contribution in [0.3, 0.4) is 0 Å². The maximum Gasteiger partial charge on any atom is 0.274 e. The highest BCUT2D eigenvalue weighted by Crippen LogP contribution is 2.11. The third-order valence-corrected chi connectivity index (χ3v) is 3.56. The van der Waals surface area contributed by atoms with E-state index in [9.17, 15) is 9.59 Å². The first-order valence-corrected chi connectivity index (χ1v) is 7.69. The standard InChI is InChI=1S/C18H21N3O2/c1-4-21(5-2)18(23)16-8-6-7-15(20-16)17(22)19-14-11-9-13(3)10-12-14/h6-12H,4-5H2,1-3H3,(H,19,22). The van der Waals surface area contributed by atoms with Crippen molar-refractivity contribution in [3.63, 3.8) is 0 Å². The fourth-order valence-corrected chi connectivity index (χ4v) is 2.19. The normalized spacial score (nSPS) is 10.2. The van der Waals surface area contributed by atoms with Crippen molar-refractivity contribution in [1.29, 1.82) is 0 Å². The van der Waals surface area contributed by atoms with E-state index >= 15 is 0 Å². The molecular formula is C18H21N3O2. The summed E-state index contributed by atoms with van der Waals surface area (Å²) in [5.74, 6) is -0.497. The van der Waals surface area contributed by atoms with E-state index in [1.165, 1.54) is 0 Å². The van der Waals surface area contributed by atoms with Crippen LogP contribution in [0.4, 0.5) is 5.69 Å². The summed E-state index contributed by atoms with van der Waals surface area (Å²) >= 11 is 0. The number of rotatable bonds is 5. The molecule has 0 spiro atoms. The van der Waals surface area contributed by atoms with Gasteiger partial charge in [-0.3, -0.25) is 9.59 Å². The van der Waals surface area contributed by atoms with E-state index in [4.69, 9.17) is 0 Å². The van der Waals surface area contributed by atoms with Gasteiger partial charge < -0.3 is 10.2 Å². The van der Waals surface area contributed by atoms with Gasteiger partial charge in [0.2, 0.25) is 0 Å². The molecule has 0 saturated heterocycles. The lowest BCUT2D eigenvalue weighted by atomic mass is 10.2. The second-order valence-electron chi connectivity index (χ2n) is 5.21. The predicted molar refractivity (Wildman–Crippen MR) is 90.6 cm³/mol. The van der Waals surface area contributed by atoms with E-state index in [1.54, 1.807) is 23.1 Å². The Balaban J connectivity index is 2.17. The van der Waals surface area contributed by atoms with Crippen molar-refractivity contribution in [1.82, 2.24) is 9.88 Å². The lowest BCUT2D eigenvalue weighted by Gasteiger charge is -2.18.